The highest BCUT2D eigenvalue weighted by Gasteiger charge is 2.30. The fraction of sp³-hybridized carbons (Fsp3) is 0.833. The summed E-state index contributed by atoms with van der Waals surface area (Å²) in [6.45, 7) is 9.58. The molecule has 17 heavy (non-hydrogen) atoms. The molecular formula is C12H23N3O2. The molecule has 2 amide bonds. The predicted molar refractivity (Wildman–Crippen MR) is 66.6 cm³/mol. The molecule has 0 aromatic carbocycles. The SMILES string of the molecule is CCN1CCN(CCCNC(C)C)C(=O)C1=O. The monoisotopic (exact) mass is 241 g/mol. The second-order valence-corrected chi connectivity index (χ2v) is 4.64. The number of likely N-dealkylation sites (N-methyl/N-ethyl adjacent to an activating group) is 1. The Morgan fingerprint density at radius 3 is 2.35 bits per heavy atom. The van der Waals surface area contributed by atoms with Gasteiger partial charge < -0.3 is 15.1 Å². The number of amides is 2. The third-order valence-corrected chi connectivity index (χ3v) is 2.94. The highest BCUT2D eigenvalue weighted by molar-refractivity contribution is 6.35. The summed E-state index contributed by atoms with van der Waals surface area (Å²) in [6, 6.07) is 0.462. The lowest BCUT2D eigenvalue weighted by molar-refractivity contribution is -0.155. The summed E-state index contributed by atoms with van der Waals surface area (Å²) in [5.74, 6) is -0.696. The molecule has 1 heterocycles. The zero-order valence-electron chi connectivity index (χ0n) is 11.0. The molecular weight excluding hydrogens is 218 g/mol. The van der Waals surface area contributed by atoms with Gasteiger partial charge in [-0.15, -0.1) is 0 Å². The minimum atomic E-state index is -0.351. The van der Waals surface area contributed by atoms with Gasteiger partial charge in [-0.2, -0.15) is 0 Å². The Morgan fingerprint density at radius 2 is 1.76 bits per heavy atom. The number of hydrogen-bond donors (Lipinski definition) is 1. The topological polar surface area (TPSA) is 52.6 Å². The Hall–Kier alpha value is -1.10. The number of nitrogens with zero attached hydrogens (tertiary/aromatic N) is 2. The fourth-order valence-corrected chi connectivity index (χ4v) is 1.89. The maximum absolute atomic E-state index is 11.7. The van der Waals surface area contributed by atoms with Crippen LogP contribution in [0.4, 0.5) is 0 Å². The van der Waals surface area contributed by atoms with E-state index >= 15 is 0 Å². The number of hydrogen-bond acceptors (Lipinski definition) is 3. The van der Waals surface area contributed by atoms with E-state index in [4.69, 9.17) is 0 Å². The summed E-state index contributed by atoms with van der Waals surface area (Å²) < 4.78 is 0. The van der Waals surface area contributed by atoms with E-state index in [1.807, 2.05) is 6.92 Å². The van der Waals surface area contributed by atoms with E-state index in [0.717, 1.165) is 13.0 Å². The third kappa shape index (κ3) is 4.00. The van der Waals surface area contributed by atoms with Gasteiger partial charge >= 0.3 is 11.8 Å². The number of rotatable bonds is 6. The van der Waals surface area contributed by atoms with Gasteiger partial charge in [0.1, 0.15) is 0 Å². The Labute approximate surface area is 103 Å². The first-order chi connectivity index (χ1) is 8.06. The molecule has 0 bridgehead atoms. The van der Waals surface area contributed by atoms with Crippen molar-refractivity contribution in [3.63, 3.8) is 0 Å². The smallest absolute Gasteiger partial charge is 0.312 e. The van der Waals surface area contributed by atoms with Gasteiger partial charge in [-0.3, -0.25) is 9.59 Å². The van der Waals surface area contributed by atoms with Crippen LogP contribution in [0.3, 0.4) is 0 Å². The molecule has 1 fully saturated rings. The third-order valence-electron chi connectivity index (χ3n) is 2.94. The average Bonchev–Trinajstić information content (AvgIpc) is 2.29. The van der Waals surface area contributed by atoms with E-state index in [-0.39, 0.29) is 11.8 Å². The molecule has 0 saturated carbocycles. The van der Waals surface area contributed by atoms with Crippen LogP contribution in [0.25, 0.3) is 0 Å². The first-order valence-corrected chi connectivity index (χ1v) is 6.37. The van der Waals surface area contributed by atoms with E-state index in [1.165, 1.54) is 0 Å². The van der Waals surface area contributed by atoms with Crippen molar-refractivity contribution in [3.8, 4) is 0 Å². The molecule has 98 valence electrons. The van der Waals surface area contributed by atoms with E-state index in [9.17, 15) is 9.59 Å². The molecule has 0 aromatic heterocycles. The minimum Gasteiger partial charge on any atom is -0.333 e. The van der Waals surface area contributed by atoms with Crippen molar-refractivity contribution < 1.29 is 9.59 Å². The van der Waals surface area contributed by atoms with Crippen LogP contribution in [0.1, 0.15) is 27.2 Å². The number of carbonyl (C=O) groups excluding carboxylic acids is 2. The summed E-state index contributed by atoms with van der Waals surface area (Å²) in [6.07, 6.45) is 0.892. The van der Waals surface area contributed by atoms with Crippen LogP contribution in [0.15, 0.2) is 0 Å². The number of nitrogens with one attached hydrogen (secondary N) is 1. The van der Waals surface area contributed by atoms with Crippen LogP contribution in [0.5, 0.6) is 0 Å². The van der Waals surface area contributed by atoms with Crippen molar-refractivity contribution in [1.29, 1.82) is 0 Å². The van der Waals surface area contributed by atoms with Crippen LogP contribution >= 0.6 is 0 Å². The second-order valence-electron chi connectivity index (χ2n) is 4.64. The molecule has 1 aliphatic rings. The predicted octanol–water partition coefficient (Wildman–Crippen LogP) is 0.0652. The van der Waals surface area contributed by atoms with Gasteiger partial charge in [-0.05, 0) is 19.9 Å². The van der Waals surface area contributed by atoms with Crippen molar-refractivity contribution in [1.82, 2.24) is 15.1 Å². The first kappa shape index (κ1) is 14.0. The van der Waals surface area contributed by atoms with Gasteiger partial charge in [0.2, 0.25) is 0 Å². The molecule has 5 nitrogen and oxygen atoms in total. The molecule has 0 radical (unpaired) electrons. The van der Waals surface area contributed by atoms with Gasteiger partial charge in [0, 0.05) is 32.2 Å². The summed E-state index contributed by atoms with van der Waals surface area (Å²) in [4.78, 5) is 26.6. The van der Waals surface area contributed by atoms with Gasteiger partial charge in [0.05, 0.1) is 0 Å². The highest BCUT2D eigenvalue weighted by Crippen LogP contribution is 2.05. The van der Waals surface area contributed by atoms with Gasteiger partial charge in [0.15, 0.2) is 0 Å². The van der Waals surface area contributed by atoms with Crippen LogP contribution in [0.2, 0.25) is 0 Å². The Bertz CT molecular complexity index is 279. The highest BCUT2D eigenvalue weighted by atomic mass is 16.2. The molecule has 1 saturated heterocycles. The van der Waals surface area contributed by atoms with Crippen LogP contribution < -0.4 is 5.32 Å². The normalized spacial score (nSPS) is 17.2. The van der Waals surface area contributed by atoms with E-state index < -0.39 is 0 Å². The molecule has 0 aromatic rings. The molecule has 0 aliphatic carbocycles. The molecule has 0 spiro atoms. The second kappa shape index (κ2) is 6.59. The lowest BCUT2D eigenvalue weighted by Crippen LogP contribution is -2.54. The maximum atomic E-state index is 11.7. The summed E-state index contributed by atoms with van der Waals surface area (Å²) in [7, 11) is 0. The molecule has 5 heteroatoms. The number of carbonyl (C=O) groups is 2. The Morgan fingerprint density at radius 1 is 1.18 bits per heavy atom. The van der Waals surface area contributed by atoms with Crippen molar-refractivity contribution in [2.75, 3.05) is 32.7 Å². The summed E-state index contributed by atoms with van der Waals surface area (Å²) in [5, 5.41) is 3.30. The standard InChI is InChI=1S/C12H23N3O2/c1-4-14-8-9-15(12(17)11(14)16)7-5-6-13-10(2)3/h10,13H,4-9H2,1-3H3. The van der Waals surface area contributed by atoms with Crippen molar-refractivity contribution in [3.05, 3.63) is 0 Å². The maximum Gasteiger partial charge on any atom is 0.312 e. The molecule has 0 atom stereocenters. The Balaban J connectivity index is 2.31. The minimum absolute atomic E-state index is 0.345. The van der Waals surface area contributed by atoms with E-state index in [1.54, 1.807) is 9.80 Å². The van der Waals surface area contributed by atoms with Gasteiger partial charge in [-0.1, -0.05) is 13.8 Å². The largest absolute Gasteiger partial charge is 0.333 e. The first-order valence-electron chi connectivity index (χ1n) is 6.37. The number of piperazine rings is 1. The van der Waals surface area contributed by atoms with Crippen LogP contribution in [-0.4, -0.2) is 60.4 Å². The Kier molecular flexibility index (Phi) is 5.41. The fourth-order valence-electron chi connectivity index (χ4n) is 1.89. The van der Waals surface area contributed by atoms with E-state index in [2.05, 4.69) is 19.2 Å². The van der Waals surface area contributed by atoms with E-state index in [0.29, 0.717) is 32.2 Å². The lowest BCUT2D eigenvalue weighted by Gasteiger charge is -2.33. The zero-order valence-corrected chi connectivity index (χ0v) is 11.0. The van der Waals surface area contributed by atoms with Crippen molar-refractivity contribution >= 4 is 11.8 Å². The van der Waals surface area contributed by atoms with Gasteiger partial charge in [-0.25, -0.2) is 0 Å². The van der Waals surface area contributed by atoms with Crippen LogP contribution in [-0.2, 0) is 9.59 Å². The average molecular weight is 241 g/mol. The van der Waals surface area contributed by atoms with Crippen molar-refractivity contribution in [2.45, 2.75) is 33.2 Å². The van der Waals surface area contributed by atoms with Crippen molar-refractivity contribution in [2.24, 2.45) is 0 Å². The van der Waals surface area contributed by atoms with Crippen LogP contribution in [0, 0.1) is 0 Å². The lowest BCUT2D eigenvalue weighted by atomic mass is 10.2. The molecule has 1 N–H and O–H groups in total. The van der Waals surface area contributed by atoms with Gasteiger partial charge in [0.25, 0.3) is 0 Å². The molecule has 1 rings (SSSR count). The summed E-state index contributed by atoms with van der Waals surface area (Å²) >= 11 is 0. The molecule has 1 aliphatic heterocycles. The molecule has 0 unspecified atom stereocenters. The zero-order chi connectivity index (χ0) is 12.8. The summed E-state index contributed by atoms with van der Waals surface area (Å²) in [5.41, 5.74) is 0. The quantitative estimate of drug-likeness (QED) is 0.529.